The lowest BCUT2D eigenvalue weighted by molar-refractivity contribution is 0.332. The van der Waals surface area contributed by atoms with Gasteiger partial charge in [-0.15, -0.1) is 0 Å². The minimum absolute atomic E-state index is 0.0245. The molecule has 0 saturated heterocycles. The molecule has 0 aliphatic carbocycles. The van der Waals surface area contributed by atoms with Gasteiger partial charge in [0.25, 0.3) is 10.1 Å². The van der Waals surface area contributed by atoms with Crippen LogP contribution in [0.5, 0.6) is 0 Å². The first kappa shape index (κ1) is 15.8. The lowest BCUT2D eigenvalue weighted by atomic mass is 10.1. The number of hydrogen-bond donors (Lipinski definition) is 2. The van der Waals surface area contributed by atoms with Crippen LogP contribution in [0, 0.1) is 0 Å². The summed E-state index contributed by atoms with van der Waals surface area (Å²) in [6, 6.07) is 0. The van der Waals surface area contributed by atoms with Crippen molar-refractivity contribution in [2.45, 2.75) is 51.4 Å². The maximum atomic E-state index is 10.8. The van der Waals surface area contributed by atoms with E-state index in [1.165, 1.54) is 19.3 Å². The summed E-state index contributed by atoms with van der Waals surface area (Å²) in [7, 11) is -3.46. The number of nitrogens with two attached hydrogens (primary N) is 2. The predicted molar refractivity (Wildman–Crippen MR) is 65.0 cm³/mol. The van der Waals surface area contributed by atoms with E-state index in [0.717, 1.165) is 32.2 Å². The summed E-state index contributed by atoms with van der Waals surface area (Å²) in [6.07, 6.45) is 8.51. The van der Waals surface area contributed by atoms with Crippen molar-refractivity contribution >= 4 is 10.1 Å². The van der Waals surface area contributed by atoms with Gasteiger partial charge in [-0.3, -0.25) is 0 Å². The van der Waals surface area contributed by atoms with Crippen molar-refractivity contribution in [3.8, 4) is 0 Å². The van der Waals surface area contributed by atoms with E-state index in [9.17, 15) is 8.42 Å². The van der Waals surface area contributed by atoms with Gasteiger partial charge in [0.05, 0.1) is 5.75 Å². The molecule has 0 aliphatic heterocycles. The summed E-state index contributed by atoms with van der Waals surface area (Å²) in [5.74, 6) is 4.64. The number of rotatable bonds is 11. The molecule has 0 atom stereocenters. The van der Waals surface area contributed by atoms with E-state index < -0.39 is 10.1 Å². The molecule has 0 fully saturated rings. The monoisotopic (exact) mass is 252 g/mol. The second kappa shape index (κ2) is 10.0. The van der Waals surface area contributed by atoms with Crippen molar-refractivity contribution in [2.75, 3.05) is 12.3 Å². The lowest BCUT2D eigenvalue weighted by Gasteiger charge is -2.02. The van der Waals surface area contributed by atoms with Crippen LogP contribution in [-0.2, 0) is 14.4 Å². The van der Waals surface area contributed by atoms with Gasteiger partial charge in [-0.05, 0) is 19.4 Å². The summed E-state index contributed by atoms with van der Waals surface area (Å²) in [4.78, 5) is 0. The maximum absolute atomic E-state index is 10.8. The Kier molecular flexibility index (Phi) is 9.91. The van der Waals surface area contributed by atoms with E-state index in [1.54, 1.807) is 0 Å². The highest BCUT2D eigenvalue weighted by molar-refractivity contribution is 7.86. The van der Waals surface area contributed by atoms with Crippen molar-refractivity contribution in [1.82, 2.24) is 0 Å². The average molecular weight is 252 g/mol. The summed E-state index contributed by atoms with van der Waals surface area (Å²) < 4.78 is 25.6. The van der Waals surface area contributed by atoms with Crippen LogP contribution in [0.1, 0.15) is 51.4 Å². The first-order valence-corrected chi connectivity index (χ1v) is 7.51. The Morgan fingerprint density at radius 2 is 1.25 bits per heavy atom. The molecule has 0 rings (SSSR count). The Balaban J connectivity index is 3.16. The normalized spacial score (nSPS) is 11.9. The van der Waals surface area contributed by atoms with Crippen LogP contribution in [0.3, 0.4) is 0 Å². The van der Waals surface area contributed by atoms with Gasteiger partial charge in [-0.2, -0.15) is 18.6 Å². The molecule has 0 spiro atoms. The molecule has 0 heterocycles. The molecule has 0 aromatic rings. The molecule has 0 aromatic heterocycles. The van der Waals surface area contributed by atoms with Gasteiger partial charge in [-0.1, -0.05) is 38.5 Å². The van der Waals surface area contributed by atoms with Gasteiger partial charge in [0.2, 0.25) is 0 Å². The third-order valence-electron chi connectivity index (χ3n) is 2.50. The van der Waals surface area contributed by atoms with Gasteiger partial charge in [0.1, 0.15) is 0 Å². The largest absolute Gasteiger partial charge is 0.330 e. The summed E-state index contributed by atoms with van der Waals surface area (Å²) >= 11 is 0. The van der Waals surface area contributed by atoms with E-state index in [0.29, 0.717) is 6.42 Å². The number of unbranched alkanes of at least 4 members (excludes halogenated alkanes) is 7. The van der Waals surface area contributed by atoms with Crippen molar-refractivity contribution < 1.29 is 12.7 Å². The molecular formula is C10H24N2O3S. The van der Waals surface area contributed by atoms with Crippen LogP contribution in [0.4, 0.5) is 0 Å². The fourth-order valence-corrected chi connectivity index (χ4v) is 2.19. The minimum atomic E-state index is -3.46. The molecule has 0 saturated carbocycles. The first-order chi connectivity index (χ1) is 7.62. The highest BCUT2D eigenvalue weighted by Gasteiger charge is 2.07. The molecule has 0 bridgehead atoms. The fourth-order valence-electron chi connectivity index (χ4n) is 1.53. The van der Waals surface area contributed by atoms with Crippen molar-refractivity contribution in [2.24, 2.45) is 11.6 Å². The molecule has 6 heteroatoms. The molecular weight excluding hydrogens is 228 g/mol. The lowest BCUT2D eigenvalue weighted by Crippen LogP contribution is -2.14. The smallest absolute Gasteiger partial charge is 0.283 e. The third kappa shape index (κ3) is 10.4. The molecule has 4 N–H and O–H groups in total. The quantitative estimate of drug-likeness (QED) is 0.426. The highest BCUT2D eigenvalue weighted by Crippen LogP contribution is 2.09. The van der Waals surface area contributed by atoms with Crippen molar-refractivity contribution in [3.63, 3.8) is 0 Å². The van der Waals surface area contributed by atoms with Crippen molar-refractivity contribution in [3.05, 3.63) is 0 Å². The van der Waals surface area contributed by atoms with Crippen LogP contribution in [0.15, 0.2) is 0 Å². The fraction of sp³-hybridized carbons (Fsp3) is 1.00. The molecule has 0 unspecified atom stereocenters. The zero-order valence-corrected chi connectivity index (χ0v) is 10.7. The average Bonchev–Trinajstić information content (AvgIpc) is 2.27. The zero-order chi connectivity index (χ0) is 12.3. The van der Waals surface area contributed by atoms with Crippen molar-refractivity contribution in [1.29, 1.82) is 0 Å². The molecule has 0 aliphatic rings. The molecule has 0 aromatic carbocycles. The van der Waals surface area contributed by atoms with E-state index in [-0.39, 0.29) is 5.75 Å². The second-order valence-corrected chi connectivity index (χ2v) is 5.69. The summed E-state index contributed by atoms with van der Waals surface area (Å²) in [6.45, 7) is 0.775. The maximum Gasteiger partial charge on any atom is 0.283 e. The standard InChI is InChI=1S/C10H24N2O3S/c11-9-7-5-3-1-2-4-6-8-10-16(13,14)15-12/h1-12H2. The first-order valence-electron chi connectivity index (χ1n) is 5.93. The van der Waals surface area contributed by atoms with Gasteiger partial charge in [0.15, 0.2) is 0 Å². The Labute approximate surface area is 98.6 Å². The Hall–Kier alpha value is -0.170. The van der Waals surface area contributed by atoms with E-state index in [1.807, 2.05) is 0 Å². The third-order valence-corrected chi connectivity index (χ3v) is 3.58. The zero-order valence-electron chi connectivity index (χ0n) is 9.86. The summed E-state index contributed by atoms with van der Waals surface area (Å²) in [5, 5.41) is 0. The van der Waals surface area contributed by atoms with Gasteiger partial charge >= 0.3 is 0 Å². The minimum Gasteiger partial charge on any atom is -0.330 e. The molecule has 98 valence electrons. The predicted octanol–water partition coefficient (Wildman–Crippen LogP) is 1.29. The molecule has 0 amide bonds. The Morgan fingerprint density at radius 1 is 0.812 bits per heavy atom. The molecule has 5 nitrogen and oxygen atoms in total. The number of hydrogen-bond acceptors (Lipinski definition) is 5. The molecule has 0 radical (unpaired) electrons. The molecule has 16 heavy (non-hydrogen) atoms. The van der Waals surface area contributed by atoms with Crippen LogP contribution in [-0.4, -0.2) is 20.7 Å². The SMILES string of the molecule is NCCCCCCCCCCS(=O)(=O)ON. The van der Waals surface area contributed by atoms with E-state index >= 15 is 0 Å². The highest BCUT2D eigenvalue weighted by atomic mass is 32.2. The van der Waals surface area contributed by atoms with Crippen LogP contribution >= 0.6 is 0 Å². The van der Waals surface area contributed by atoms with Crippen LogP contribution in [0.25, 0.3) is 0 Å². The van der Waals surface area contributed by atoms with Gasteiger partial charge in [-0.25, -0.2) is 0 Å². The topological polar surface area (TPSA) is 95.4 Å². The van der Waals surface area contributed by atoms with E-state index in [2.05, 4.69) is 10.2 Å². The van der Waals surface area contributed by atoms with Gasteiger partial charge < -0.3 is 5.73 Å². The Bertz CT molecular complexity index is 242. The summed E-state index contributed by atoms with van der Waals surface area (Å²) in [5.41, 5.74) is 5.38. The van der Waals surface area contributed by atoms with Gasteiger partial charge in [0, 0.05) is 0 Å². The van der Waals surface area contributed by atoms with Crippen LogP contribution in [0.2, 0.25) is 0 Å². The second-order valence-electron chi connectivity index (χ2n) is 3.98. The van der Waals surface area contributed by atoms with E-state index in [4.69, 9.17) is 5.73 Å². The van der Waals surface area contributed by atoms with Crippen LogP contribution < -0.4 is 11.6 Å². The Morgan fingerprint density at radius 3 is 1.69 bits per heavy atom.